The molecule has 1 N–H and O–H groups in total. The van der Waals surface area contributed by atoms with E-state index in [2.05, 4.69) is 34.2 Å². The molecule has 0 saturated heterocycles. The fourth-order valence-electron chi connectivity index (χ4n) is 1.94. The van der Waals surface area contributed by atoms with Crippen LogP contribution in [0.3, 0.4) is 0 Å². The van der Waals surface area contributed by atoms with Crippen molar-refractivity contribution in [1.29, 1.82) is 0 Å². The molecule has 0 aliphatic rings. The van der Waals surface area contributed by atoms with Crippen LogP contribution in [0.2, 0.25) is 0 Å². The zero-order valence-electron chi connectivity index (χ0n) is 11.1. The molecule has 0 amide bonds. The van der Waals surface area contributed by atoms with E-state index in [9.17, 15) is 0 Å². The predicted molar refractivity (Wildman–Crippen MR) is 72.4 cm³/mol. The molecule has 0 saturated carbocycles. The second kappa shape index (κ2) is 5.62. The van der Waals surface area contributed by atoms with Crippen molar-refractivity contribution in [2.75, 3.05) is 11.9 Å². The van der Waals surface area contributed by atoms with Crippen LogP contribution in [0.25, 0.3) is 11.3 Å². The molecule has 0 spiro atoms. The molecule has 0 radical (unpaired) electrons. The van der Waals surface area contributed by atoms with Crippen molar-refractivity contribution in [2.45, 2.75) is 26.7 Å². The highest BCUT2D eigenvalue weighted by Crippen LogP contribution is 2.25. The Bertz CT molecular complexity index is 518. The van der Waals surface area contributed by atoms with Gasteiger partial charge in [-0.1, -0.05) is 13.8 Å². The van der Waals surface area contributed by atoms with Crippen molar-refractivity contribution in [3.8, 4) is 11.3 Å². The Morgan fingerprint density at radius 3 is 2.72 bits per heavy atom. The molecule has 0 bridgehead atoms. The van der Waals surface area contributed by atoms with Crippen LogP contribution in [0.1, 0.15) is 25.8 Å². The second-order valence-corrected chi connectivity index (χ2v) is 4.23. The molecular formula is C13H19N5. The molecule has 2 rings (SSSR count). The number of aromatic nitrogens is 4. The van der Waals surface area contributed by atoms with E-state index < -0.39 is 0 Å². The predicted octanol–water partition coefficient (Wildman–Crippen LogP) is 2.26. The zero-order chi connectivity index (χ0) is 13.0. The van der Waals surface area contributed by atoms with Crippen LogP contribution in [-0.2, 0) is 13.5 Å². The summed E-state index contributed by atoms with van der Waals surface area (Å²) in [4.78, 5) is 8.73. The van der Waals surface area contributed by atoms with Gasteiger partial charge in [-0.15, -0.1) is 0 Å². The average molecular weight is 245 g/mol. The first-order valence-corrected chi connectivity index (χ1v) is 6.33. The molecule has 18 heavy (non-hydrogen) atoms. The molecule has 2 heterocycles. The summed E-state index contributed by atoms with van der Waals surface area (Å²) in [5.74, 6) is 0.938. The lowest BCUT2D eigenvalue weighted by molar-refractivity contribution is 0.768. The summed E-state index contributed by atoms with van der Waals surface area (Å²) < 4.78 is 1.79. The van der Waals surface area contributed by atoms with Crippen molar-refractivity contribution in [2.24, 2.45) is 7.05 Å². The number of nitrogens with zero attached hydrogens (tertiary/aromatic N) is 4. The van der Waals surface area contributed by atoms with E-state index in [1.807, 2.05) is 19.4 Å². The molecule has 0 aromatic carbocycles. The SMILES string of the molecule is CCCNc1ncnc(-c2cnn(C)c2)c1CC. The normalized spacial score (nSPS) is 10.6. The number of hydrogen-bond donors (Lipinski definition) is 1. The highest BCUT2D eigenvalue weighted by atomic mass is 15.2. The van der Waals surface area contributed by atoms with E-state index in [0.29, 0.717) is 0 Å². The monoisotopic (exact) mass is 245 g/mol. The van der Waals surface area contributed by atoms with Crippen molar-refractivity contribution in [1.82, 2.24) is 19.7 Å². The van der Waals surface area contributed by atoms with Crippen LogP contribution in [-0.4, -0.2) is 26.3 Å². The molecule has 2 aromatic rings. The average Bonchev–Trinajstić information content (AvgIpc) is 2.82. The lowest BCUT2D eigenvalue weighted by Gasteiger charge is -2.11. The van der Waals surface area contributed by atoms with Gasteiger partial charge in [-0.2, -0.15) is 5.10 Å². The van der Waals surface area contributed by atoms with Crippen molar-refractivity contribution < 1.29 is 0 Å². The molecule has 96 valence electrons. The summed E-state index contributed by atoms with van der Waals surface area (Å²) in [6.07, 6.45) is 7.40. The molecule has 0 fully saturated rings. The van der Waals surface area contributed by atoms with Gasteiger partial charge in [-0.25, -0.2) is 9.97 Å². The van der Waals surface area contributed by atoms with E-state index in [1.54, 1.807) is 11.0 Å². The second-order valence-electron chi connectivity index (χ2n) is 4.23. The lowest BCUT2D eigenvalue weighted by atomic mass is 10.1. The molecule has 2 aromatic heterocycles. The van der Waals surface area contributed by atoms with Crippen molar-refractivity contribution in [3.05, 3.63) is 24.3 Å². The highest BCUT2D eigenvalue weighted by molar-refractivity contribution is 5.67. The minimum Gasteiger partial charge on any atom is -0.370 e. The van der Waals surface area contributed by atoms with Crippen molar-refractivity contribution >= 4 is 5.82 Å². The lowest BCUT2D eigenvalue weighted by Crippen LogP contribution is -2.07. The largest absolute Gasteiger partial charge is 0.370 e. The Morgan fingerprint density at radius 1 is 1.28 bits per heavy atom. The van der Waals surface area contributed by atoms with Gasteiger partial charge < -0.3 is 5.32 Å². The number of aryl methyl sites for hydroxylation is 1. The molecule has 0 atom stereocenters. The summed E-state index contributed by atoms with van der Waals surface area (Å²) in [5, 5.41) is 7.55. The maximum Gasteiger partial charge on any atom is 0.133 e. The number of nitrogens with one attached hydrogen (secondary N) is 1. The third kappa shape index (κ3) is 2.50. The van der Waals surface area contributed by atoms with Gasteiger partial charge >= 0.3 is 0 Å². The van der Waals surface area contributed by atoms with Gasteiger partial charge in [-0.05, 0) is 12.8 Å². The van der Waals surface area contributed by atoms with Crippen LogP contribution in [0.5, 0.6) is 0 Å². The molecule has 0 aliphatic carbocycles. The van der Waals surface area contributed by atoms with Crippen LogP contribution >= 0.6 is 0 Å². The fourth-order valence-corrected chi connectivity index (χ4v) is 1.94. The Balaban J connectivity index is 2.41. The summed E-state index contributed by atoms with van der Waals surface area (Å²) in [6.45, 7) is 5.19. The molecule has 5 nitrogen and oxygen atoms in total. The summed E-state index contributed by atoms with van der Waals surface area (Å²) >= 11 is 0. The van der Waals surface area contributed by atoms with Gasteiger partial charge in [0.15, 0.2) is 0 Å². The van der Waals surface area contributed by atoms with E-state index in [1.165, 1.54) is 0 Å². The van der Waals surface area contributed by atoms with E-state index >= 15 is 0 Å². The third-order valence-corrected chi connectivity index (χ3v) is 2.82. The third-order valence-electron chi connectivity index (χ3n) is 2.82. The van der Waals surface area contributed by atoms with Crippen LogP contribution in [0.15, 0.2) is 18.7 Å². The summed E-state index contributed by atoms with van der Waals surface area (Å²) in [7, 11) is 1.91. The summed E-state index contributed by atoms with van der Waals surface area (Å²) in [6, 6.07) is 0. The maximum absolute atomic E-state index is 4.40. The number of hydrogen-bond acceptors (Lipinski definition) is 4. The maximum atomic E-state index is 4.40. The van der Waals surface area contributed by atoms with E-state index in [4.69, 9.17) is 0 Å². The number of anilines is 1. The van der Waals surface area contributed by atoms with Crippen LogP contribution in [0, 0.1) is 0 Å². The molecular weight excluding hydrogens is 226 g/mol. The quantitative estimate of drug-likeness (QED) is 0.878. The number of rotatable bonds is 5. The minimum absolute atomic E-state index is 0.900. The van der Waals surface area contributed by atoms with Gasteiger partial charge in [0.25, 0.3) is 0 Å². The Kier molecular flexibility index (Phi) is 3.92. The van der Waals surface area contributed by atoms with E-state index in [0.717, 1.165) is 42.0 Å². The first kappa shape index (κ1) is 12.5. The standard InChI is InChI=1S/C13H19N5/c1-4-6-14-13-11(5-2)12(15-9-16-13)10-7-17-18(3)8-10/h7-9H,4-6H2,1-3H3,(H,14,15,16). The van der Waals surface area contributed by atoms with Crippen LogP contribution in [0.4, 0.5) is 5.82 Å². The minimum atomic E-state index is 0.900. The van der Waals surface area contributed by atoms with Gasteiger partial charge in [0.05, 0.1) is 11.9 Å². The Morgan fingerprint density at radius 2 is 2.11 bits per heavy atom. The van der Waals surface area contributed by atoms with Gasteiger partial charge in [0.2, 0.25) is 0 Å². The van der Waals surface area contributed by atoms with Gasteiger partial charge in [0.1, 0.15) is 12.1 Å². The van der Waals surface area contributed by atoms with Crippen molar-refractivity contribution in [3.63, 3.8) is 0 Å². The first-order chi connectivity index (χ1) is 8.76. The topological polar surface area (TPSA) is 55.6 Å². The fraction of sp³-hybridized carbons (Fsp3) is 0.462. The van der Waals surface area contributed by atoms with Gasteiger partial charge in [-0.3, -0.25) is 4.68 Å². The Hall–Kier alpha value is -1.91. The van der Waals surface area contributed by atoms with Gasteiger partial charge in [0, 0.05) is 30.9 Å². The van der Waals surface area contributed by atoms with E-state index in [-0.39, 0.29) is 0 Å². The molecule has 0 unspecified atom stereocenters. The first-order valence-electron chi connectivity index (χ1n) is 6.33. The highest BCUT2D eigenvalue weighted by Gasteiger charge is 2.12. The molecule has 0 aliphatic heterocycles. The zero-order valence-corrected chi connectivity index (χ0v) is 11.1. The van der Waals surface area contributed by atoms with Crippen LogP contribution < -0.4 is 5.32 Å². The Labute approximate surface area is 107 Å². The smallest absolute Gasteiger partial charge is 0.133 e. The summed E-state index contributed by atoms with van der Waals surface area (Å²) in [5.41, 5.74) is 3.16. The molecule has 5 heteroatoms.